The van der Waals surface area contributed by atoms with Gasteiger partial charge in [-0.3, -0.25) is 9.88 Å². The summed E-state index contributed by atoms with van der Waals surface area (Å²) in [6.07, 6.45) is 1.89. The molecular weight excluding hydrogens is 444 g/mol. The number of aliphatic carboxylic acids is 1. The number of fused-ring (bicyclic) bond motifs is 2. The second kappa shape index (κ2) is 9.17. The first kappa shape index (κ1) is 21.9. The highest BCUT2D eigenvalue weighted by Crippen LogP contribution is 2.41. The number of urea groups is 1. The number of carbonyl (C=O) groups is 2. The molecule has 1 aromatic carbocycles. The van der Waals surface area contributed by atoms with Gasteiger partial charge in [0.2, 0.25) is 0 Å². The fourth-order valence-electron chi connectivity index (χ4n) is 3.98. The minimum Gasteiger partial charge on any atom is -0.479 e. The number of ether oxygens (including phenoxy) is 3. The summed E-state index contributed by atoms with van der Waals surface area (Å²) in [5.74, 6) is -0.947. The largest absolute Gasteiger partial charge is 0.479 e. The van der Waals surface area contributed by atoms with Gasteiger partial charge in [-0.15, -0.1) is 0 Å². The van der Waals surface area contributed by atoms with Gasteiger partial charge in [0.1, 0.15) is 18.5 Å². The van der Waals surface area contributed by atoms with Gasteiger partial charge in [-0.2, -0.15) is 0 Å². The molecule has 0 radical (unpaired) electrons. The minimum absolute atomic E-state index is 0.214. The SMILES string of the molecule is CCNC(=O)Nc1ncnc2c1ncn2C1OC(C(=O)O)C2O[C@H](C=Cc3ccccc3)OC21. The summed E-state index contributed by atoms with van der Waals surface area (Å²) < 4.78 is 19.3. The average Bonchev–Trinajstić information content (AvgIpc) is 3.52. The molecule has 12 nitrogen and oxygen atoms in total. The Morgan fingerprint density at radius 2 is 1.91 bits per heavy atom. The topological polar surface area (TPSA) is 150 Å². The Hall–Kier alpha value is -3.87. The summed E-state index contributed by atoms with van der Waals surface area (Å²) in [4.78, 5) is 36.5. The van der Waals surface area contributed by atoms with Crippen LogP contribution in [0.4, 0.5) is 10.6 Å². The van der Waals surface area contributed by atoms with Gasteiger partial charge >= 0.3 is 12.0 Å². The Balaban J connectivity index is 1.42. The van der Waals surface area contributed by atoms with E-state index in [4.69, 9.17) is 14.2 Å². The monoisotopic (exact) mass is 466 g/mol. The van der Waals surface area contributed by atoms with Crippen molar-refractivity contribution in [3.63, 3.8) is 0 Å². The number of carboxylic acid groups (broad SMARTS) is 1. The van der Waals surface area contributed by atoms with E-state index in [1.165, 1.54) is 12.7 Å². The van der Waals surface area contributed by atoms with Crippen molar-refractivity contribution in [2.24, 2.45) is 0 Å². The number of nitrogens with zero attached hydrogens (tertiary/aromatic N) is 4. The summed E-state index contributed by atoms with van der Waals surface area (Å²) >= 11 is 0. The molecule has 4 unspecified atom stereocenters. The maximum Gasteiger partial charge on any atom is 0.335 e. The lowest BCUT2D eigenvalue weighted by atomic mass is 10.1. The van der Waals surface area contributed by atoms with E-state index >= 15 is 0 Å². The van der Waals surface area contributed by atoms with Crippen molar-refractivity contribution in [2.45, 2.75) is 37.8 Å². The molecule has 2 amide bonds. The molecule has 5 rings (SSSR count). The van der Waals surface area contributed by atoms with E-state index in [0.29, 0.717) is 17.7 Å². The van der Waals surface area contributed by atoms with Gasteiger partial charge in [-0.25, -0.2) is 24.5 Å². The summed E-state index contributed by atoms with van der Waals surface area (Å²) in [5.41, 5.74) is 1.63. The van der Waals surface area contributed by atoms with Crippen molar-refractivity contribution in [3.05, 3.63) is 54.6 Å². The lowest BCUT2D eigenvalue weighted by Crippen LogP contribution is -2.34. The number of carboxylic acids is 1. The number of carbonyl (C=O) groups excluding carboxylic acids is 1. The number of aromatic nitrogens is 4. The van der Waals surface area contributed by atoms with Crippen LogP contribution in [0.25, 0.3) is 17.2 Å². The summed E-state index contributed by atoms with van der Waals surface area (Å²) in [7, 11) is 0. The van der Waals surface area contributed by atoms with Crippen molar-refractivity contribution >= 4 is 35.1 Å². The van der Waals surface area contributed by atoms with Crippen LogP contribution < -0.4 is 10.6 Å². The number of imidazole rings is 1. The maximum atomic E-state index is 11.9. The van der Waals surface area contributed by atoms with Gasteiger partial charge in [0.05, 0.1) is 6.33 Å². The van der Waals surface area contributed by atoms with E-state index in [1.807, 2.05) is 36.4 Å². The smallest absolute Gasteiger partial charge is 0.335 e. The molecule has 34 heavy (non-hydrogen) atoms. The molecule has 176 valence electrons. The average molecular weight is 466 g/mol. The third-order valence-corrected chi connectivity index (χ3v) is 5.46. The Labute approximate surface area is 193 Å². The zero-order valence-corrected chi connectivity index (χ0v) is 18.1. The fraction of sp³-hybridized carbons (Fsp3) is 0.318. The molecule has 0 bridgehead atoms. The van der Waals surface area contributed by atoms with E-state index in [-0.39, 0.29) is 5.82 Å². The number of anilines is 1. The first-order valence-corrected chi connectivity index (χ1v) is 10.7. The molecule has 3 aromatic rings. The summed E-state index contributed by atoms with van der Waals surface area (Å²) in [5, 5.41) is 14.9. The summed E-state index contributed by atoms with van der Waals surface area (Å²) in [6, 6.07) is 9.18. The molecule has 0 spiro atoms. The quantitative estimate of drug-likeness (QED) is 0.494. The van der Waals surface area contributed by atoms with Crippen molar-refractivity contribution in [3.8, 4) is 0 Å². The van der Waals surface area contributed by atoms with Crippen molar-refractivity contribution in [1.29, 1.82) is 0 Å². The minimum atomic E-state index is -1.24. The third kappa shape index (κ3) is 4.09. The van der Waals surface area contributed by atoms with E-state index < -0.39 is 42.8 Å². The third-order valence-electron chi connectivity index (χ3n) is 5.46. The lowest BCUT2D eigenvalue weighted by Gasteiger charge is -2.19. The maximum absolute atomic E-state index is 11.9. The molecule has 12 heteroatoms. The number of benzene rings is 1. The Bertz CT molecular complexity index is 1230. The van der Waals surface area contributed by atoms with Gasteiger partial charge in [0.25, 0.3) is 0 Å². The highest BCUT2D eigenvalue weighted by molar-refractivity contribution is 5.95. The van der Waals surface area contributed by atoms with Crippen molar-refractivity contribution < 1.29 is 28.9 Å². The zero-order valence-electron chi connectivity index (χ0n) is 18.1. The van der Waals surface area contributed by atoms with Gasteiger partial charge in [0.15, 0.2) is 35.6 Å². The Morgan fingerprint density at radius 3 is 2.68 bits per heavy atom. The Morgan fingerprint density at radius 1 is 1.12 bits per heavy atom. The van der Waals surface area contributed by atoms with Crippen LogP contribution in [0.2, 0.25) is 0 Å². The molecular formula is C22H22N6O6. The second-order valence-electron chi connectivity index (χ2n) is 7.66. The molecule has 5 atom stereocenters. The van der Waals surface area contributed by atoms with Crippen LogP contribution in [0.5, 0.6) is 0 Å². The van der Waals surface area contributed by atoms with E-state index in [9.17, 15) is 14.7 Å². The molecule has 2 aromatic heterocycles. The zero-order chi connectivity index (χ0) is 23.7. The molecule has 3 N–H and O–H groups in total. The van der Waals surface area contributed by atoms with Gasteiger partial charge in [0, 0.05) is 6.54 Å². The van der Waals surface area contributed by atoms with Gasteiger partial charge in [-0.05, 0) is 18.6 Å². The second-order valence-corrected chi connectivity index (χ2v) is 7.66. The molecule has 2 aliphatic rings. The molecule has 0 saturated carbocycles. The van der Waals surface area contributed by atoms with Gasteiger partial charge in [-0.1, -0.05) is 36.4 Å². The number of hydrogen-bond donors (Lipinski definition) is 3. The first-order chi connectivity index (χ1) is 16.5. The lowest BCUT2D eigenvalue weighted by molar-refractivity contribution is -0.166. The van der Waals surface area contributed by atoms with Crippen LogP contribution in [-0.2, 0) is 19.0 Å². The summed E-state index contributed by atoms with van der Waals surface area (Å²) in [6.45, 7) is 2.24. The molecule has 2 saturated heterocycles. The normalized spacial score (nSPS) is 26.1. The van der Waals surface area contributed by atoms with E-state index in [1.54, 1.807) is 17.6 Å². The number of nitrogens with one attached hydrogen (secondary N) is 2. The van der Waals surface area contributed by atoms with Crippen molar-refractivity contribution in [1.82, 2.24) is 24.8 Å². The fourth-order valence-corrected chi connectivity index (χ4v) is 3.98. The van der Waals surface area contributed by atoms with Crippen LogP contribution >= 0.6 is 0 Å². The molecule has 4 heterocycles. The van der Waals surface area contributed by atoms with Crippen LogP contribution in [0.1, 0.15) is 18.7 Å². The molecule has 2 fully saturated rings. The predicted octanol–water partition coefficient (Wildman–Crippen LogP) is 1.77. The van der Waals surface area contributed by atoms with Crippen LogP contribution in [0.3, 0.4) is 0 Å². The van der Waals surface area contributed by atoms with Crippen LogP contribution in [0, 0.1) is 0 Å². The van der Waals surface area contributed by atoms with E-state index in [0.717, 1.165) is 5.56 Å². The van der Waals surface area contributed by atoms with E-state index in [2.05, 4.69) is 25.6 Å². The molecule has 0 aliphatic carbocycles. The number of hydrogen-bond acceptors (Lipinski definition) is 8. The van der Waals surface area contributed by atoms with Crippen LogP contribution in [-0.4, -0.2) is 67.8 Å². The highest BCUT2D eigenvalue weighted by atomic mass is 16.8. The Kier molecular flexibility index (Phi) is 5.92. The van der Waals surface area contributed by atoms with Crippen molar-refractivity contribution in [2.75, 3.05) is 11.9 Å². The standard InChI is InChI=1S/C22H22N6O6/c1-2-23-22(31)27-18-14-19(25-10-24-18)28(11-26-14)20-16-15(17(34-20)21(29)30)32-13(33-16)9-8-12-6-4-3-5-7-12/h3-11,13,15-17,20H,2H2,1H3,(H,29,30)(H2,23,24,25,27,31)/t13-,15?,16?,17?,20?/m0/s1. The van der Waals surface area contributed by atoms with Crippen LogP contribution in [0.15, 0.2) is 49.1 Å². The molecule has 2 aliphatic heterocycles. The number of amides is 2. The van der Waals surface area contributed by atoms with Gasteiger partial charge < -0.3 is 24.6 Å². The number of rotatable bonds is 6. The first-order valence-electron chi connectivity index (χ1n) is 10.7. The highest BCUT2D eigenvalue weighted by Gasteiger charge is 2.56. The predicted molar refractivity (Wildman–Crippen MR) is 119 cm³/mol.